The van der Waals surface area contributed by atoms with Crippen LogP contribution in [0.15, 0.2) is 48.8 Å². The molecule has 1 aromatic carbocycles. The van der Waals surface area contributed by atoms with E-state index in [0.29, 0.717) is 5.82 Å². The van der Waals surface area contributed by atoms with Crippen LogP contribution in [-0.4, -0.2) is 65.7 Å². The molecule has 2 aliphatic heterocycles. The summed E-state index contributed by atoms with van der Waals surface area (Å²) in [5.41, 5.74) is 3.70. The van der Waals surface area contributed by atoms with Crippen molar-refractivity contribution in [1.29, 1.82) is 0 Å². The number of nitrogens with one attached hydrogen (secondary N) is 1. The van der Waals surface area contributed by atoms with Crippen LogP contribution in [0.5, 0.6) is 0 Å². The topological polar surface area (TPSA) is 70.6 Å². The molecule has 2 saturated heterocycles. The first-order valence-corrected chi connectivity index (χ1v) is 12.7. The Labute approximate surface area is 206 Å². The molecular formula is C28H33N5O2. The first kappa shape index (κ1) is 22.4. The first-order chi connectivity index (χ1) is 17.0. The fraction of sp³-hybridized carbons (Fsp3) is 0.464. The van der Waals surface area contributed by atoms with Crippen LogP contribution in [0.25, 0.3) is 10.8 Å². The number of nitrogens with zero attached hydrogens (tertiary/aromatic N) is 4. The van der Waals surface area contributed by atoms with Crippen molar-refractivity contribution in [1.82, 2.24) is 14.9 Å². The molecule has 1 N–H and O–H groups in total. The number of carbonyl (C=O) groups is 1. The zero-order valence-corrected chi connectivity index (χ0v) is 20.5. The van der Waals surface area contributed by atoms with E-state index in [4.69, 9.17) is 4.74 Å². The number of ether oxygens (including phenoxy) is 1. The van der Waals surface area contributed by atoms with Crippen molar-refractivity contribution < 1.29 is 9.53 Å². The molecule has 3 fully saturated rings. The van der Waals surface area contributed by atoms with Crippen molar-refractivity contribution in [2.75, 3.05) is 49.6 Å². The number of benzene rings is 1. The smallest absolute Gasteiger partial charge is 0.229 e. The third kappa shape index (κ3) is 4.39. The normalized spacial score (nSPS) is 26.7. The number of fused-ring (bicyclic) bond motifs is 1. The van der Waals surface area contributed by atoms with Gasteiger partial charge in [-0.15, -0.1) is 0 Å². The minimum Gasteiger partial charge on any atom is -0.379 e. The van der Waals surface area contributed by atoms with Gasteiger partial charge >= 0.3 is 0 Å². The van der Waals surface area contributed by atoms with Gasteiger partial charge in [0.25, 0.3) is 0 Å². The molecule has 3 aliphatic rings. The molecule has 3 atom stereocenters. The molecule has 0 bridgehead atoms. The second-order valence-corrected chi connectivity index (χ2v) is 10.5. The lowest BCUT2D eigenvalue weighted by molar-refractivity contribution is -0.117. The summed E-state index contributed by atoms with van der Waals surface area (Å²) in [5.74, 6) is 0.824. The molecule has 1 saturated carbocycles. The fourth-order valence-electron chi connectivity index (χ4n) is 5.72. The second-order valence-electron chi connectivity index (χ2n) is 10.5. The van der Waals surface area contributed by atoms with E-state index in [1.807, 2.05) is 30.5 Å². The van der Waals surface area contributed by atoms with Crippen LogP contribution >= 0.6 is 0 Å². The van der Waals surface area contributed by atoms with E-state index in [1.165, 1.54) is 11.3 Å². The first-order valence-electron chi connectivity index (χ1n) is 12.7. The van der Waals surface area contributed by atoms with E-state index in [1.54, 1.807) is 6.20 Å². The predicted molar refractivity (Wildman–Crippen MR) is 138 cm³/mol. The van der Waals surface area contributed by atoms with E-state index in [2.05, 4.69) is 51.1 Å². The molecular weight excluding hydrogens is 438 g/mol. The molecule has 0 radical (unpaired) electrons. The second kappa shape index (κ2) is 8.88. The van der Waals surface area contributed by atoms with Gasteiger partial charge in [-0.05, 0) is 68.0 Å². The average Bonchev–Trinajstić information content (AvgIpc) is 3.57. The Balaban J connectivity index is 1.15. The molecule has 2 aromatic heterocycles. The van der Waals surface area contributed by atoms with Gasteiger partial charge in [-0.25, -0.2) is 4.98 Å². The number of hydrogen-bond acceptors (Lipinski definition) is 6. The maximum atomic E-state index is 12.8. The summed E-state index contributed by atoms with van der Waals surface area (Å²) < 4.78 is 5.68. The van der Waals surface area contributed by atoms with E-state index < -0.39 is 0 Å². The number of aryl methyl sites for hydroxylation is 1. The van der Waals surface area contributed by atoms with E-state index in [-0.39, 0.29) is 23.3 Å². The third-order valence-electron chi connectivity index (χ3n) is 8.06. The Bertz CT molecular complexity index is 1230. The van der Waals surface area contributed by atoms with E-state index in [9.17, 15) is 4.79 Å². The van der Waals surface area contributed by atoms with Gasteiger partial charge in [-0.3, -0.25) is 14.7 Å². The Morgan fingerprint density at radius 3 is 2.71 bits per heavy atom. The van der Waals surface area contributed by atoms with Gasteiger partial charge in [0.05, 0.1) is 6.61 Å². The number of aromatic nitrogens is 2. The Kier molecular flexibility index (Phi) is 5.69. The molecule has 7 heteroatoms. The lowest BCUT2D eigenvalue weighted by Gasteiger charge is -2.44. The molecule has 35 heavy (non-hydrogen) atoms. The average molecular weight is 472 g/mol. The van der Waals surface area contributed by atoms with Gasteiger partial charge in [-0.1, -0.05) is 6.07 Å². The number of anilines is 2. The molecule has 6 rings (SSSR count). The van der Waals surface area contributed by atoms with Crippen LogP contribution < -0.4 is 10.2 Å². The number of piperazine rings is 1. The standard InChI is InChI=1S/C28H33N5O2/c1-19-13-21-17-30-26(31-27(34)23-16-22(23)24-5-3-4-7-29-24)15-20(21)14-25(19)32-8-10-33(11-9-32)28(2)6-12-35-18-28/h3-5,7,13-15,17,22-23H,6,8-12,16,18H2,1-2H3,(H,30,31,34)/t22-,23-,28-/m1/s1. The van der Waals surface area contributed by atoms with Crippen LogP contribution in [0.3, 0.4) is 0 Å². The zero-order chi connectivity index (χ0) is 24.0. The number of rotatable bonds is 5. The van der Waals surface area contributed by atoms with Gasteiger partial charge in [0.15, 0.2) is 0 Å². The van der Waals surface area contributed by atoms with Crippen molar-refractivity contribution in [3.63, 3.8) is 0 Å². The van der Waals surface area contributed by atoms with E-state index in [0.717, 1.165) is 68.7 Å². The van der Waals surface area contributed by atoms with Crippen molar-refractivity contribution >= 4 is 28.2 Å². The Morgan fingerprint density at radius 2 is 1.97 bits per heavy atom. The predicted octanol–water partition coefficient (Wildman–Crippen LogP) is 3.98. The van der Waals surface area contributed by atoms with Crippen molar-refractivity contribution in [3.8, 4) is 0 Å². The molecule has 1 amide bonds. The lowest BCUT2D eigenvalue weighted by Crippen LogP contribution is -2.56. The Hall–Kier alpha value is -3.03. The van der Waals surface area contributed by atoms with Crippen LogP contribution in [0.2, 0.25) is 0 Å². The Morgan fingerprint density at radius 1 is 1.11 bits per heavy atom. The fourth-order valence-corrected chi connectivity index (χ4v) is 5.72. The SMILES string of the molecule is Cc1cc2cnc(NC(=O)[C@@H]3C[C@H]3c3ccccn3)cc2cc1N1CCN([C@]2(C)CCOC2)CC1. The summed E-state index contributed by atoms with van der Waals surface area (Å²) in [6.07, 6.45) is 5.62. The number of carbonyl (C=O) groups excluding carboxylic acids is 1. The number of hydrogen-bond donors (Lipinski definition) is 1. The lowest BCUT2D eigenvalue weighted by atomic mass is 9.97. The van der Waals surface area contributed by atoms with Crippen molar-refractivity contribution in [2.45, 2.75) is 38.1 Å². The number of pyridine rings is 2. The van der Waals surface area contributed by atoms with Crippen LogP contribution in [0.4, 0.5) is 11.5 Å². The van der Waals surface area contributed by atoms with Gasteiger partial charge < -0.3 is 15.0 Å². The highest BCUT2D eigenvalue weighted by atomic mass is 16.5. The summed E-state index contributed by atoms with van der Waals surface area (Å²) in [6, 6.07) is 12.3. The van der Waals surface area contributed by atoms with Gasteiger partial charge in [0.1, 0.15) is 5.82 Å². The largest absolute Gasteiger partial charge is 0.379 e. The highest BCUT2D eigenvalue weighted by Crippen LogP contribution is 2.47. The minimum atomic E-state index is -0.0283. The molecule has 4 heterocycles. The zero-order valence-electron chi connectivity index (χ0n) is 20.5. The highest BCUT2D eigenvalue weighted by Gasteiger charge is 2.45. The van der Waals surface area contributed by atoms with Crippen LogP contribution in [0, 0.1) is 12.8 Å². The van der Waals surface area contributed by atoms with Crippen LogP contribution in [0.1, 0.15) is 36.9 Å². The van der Waals surface area contributed by atoms with Gasteiger partial charge in [0.2, 0.25) is 5.91 Å². The van der Waals surface area contributed by atoms with E-state index >= 15 is 0 Å². The van der Waals surface area contributed by atoms with Gasteiger partial charge in [0, 0.05) is 79.3 Å². The summed E-state index contributed by atoms with van der Waals surface area (Å²) >= 11 is 0. The molecule has 1 aliphatic carbocycles. The van der Waals surface area contributed by atoms with Gasteiger partial charge in [-0.2, -0.15) is 0 Å². The van der Waals surface area contributed by atoms with Crippen LogP contribution in [-0.2, 0) is 9.53 Å². The summed E-state index contributed by atoms with van der Waals surface area (Å²) in [5, 5.41) is 5.24. The molecule has 3 aromatic rings. The monoisotopic (exact) mass is 471 g/mol. The molecule has 0 unspecified atom stereocenters. The highest BCUT2D eigenvalue weighted by molar-refractivity contribution is 5.97. The maximum absolute atomic E-state index is 12.8. The molecule has 0 spiro atoms. The maximum Gasteiger partial charge on any atom is 0.229 e. The summed E-state index contributed by atoms with van der Waals surface area (Å²) in [4.78, 5) is 26.8. The van der Waals surface area contributed by atoms with Crippen molar-refractivity contribution in [2.24, 2.45) is 5.92 Å². The third-order valence-corrected chi connectivity index (χ3v) is 8.06. The van der Waals surface area contributed by atoms with Crippen molar-refractivity contribution in [3.05, 3.63) is 60.0 Å². The summed E-state index contributed by atoms with van der Waals surface area (Å²) in [7, 11) is 0. The quantitative estimate of drug-likeness (QED) is 0.607. The number of amides is 1. The molecule has 182 valence electrons. The molecule has 7 nitrogen and oxygen atoms in total. The minimum absolute atomic E-state index is 0.0281. The summed E-state index contributed by atoms with van der Waals surface area (Å²) in [6.45, 7) is 10.3.